The molecule has 1 saturated carbocycles. The van der Waals surface area contributed by atoms with Gasteiger partial charge in [0.25, 0.3) is 0 Å². The minimum atomic E-state index is -0.348. The molecule has 2 N–H and O–H groups in total. The average Bonchev–Trinajstić information content (AvgIpc) is 3.17. The number of rotatable bonds is 9. The van der Waals surface area contributed by atoms with Gasteiger partial charge in [-0.1, -0.05) is 6.07 Å². The van der Waals surface area contributed by atoms with Crippen molar-refractivity contribution in [3.63, 3.8) is 0 Å². The molecule has 1 fully saturated rings. The molecule has 0 aromatic heterocycles. The maximum Gasteiger partial charge on any atom is 0.306 e. The van der Waals surface area contributed by atoms with E-state index in [0.717, 1.165) is 44.0 Å². The molecular formula is C19H26FN3O3. The predicted octanol–water partition coefficient (Wildman–Crippen LogP) is 2.20. The largest absolute Gasteiger partial charge is 0.490 e. The fourth-order valence-corrected chi connectivity index (χ4v) is 3.16. The minimum absolute atomic E-state index is 0.173. The number of hydrogen-bond donors (Lipinski definition) is 2. The maximum atomic E-state index is 14.2. The molecule has 26 heavy (non-hydrogen) atoms. The third kappa shape index (κ3) is 5.09. The number of nitrogens with one attached hydrogen (secondary N) is 2. The Morgan fingerprint density at radius 2 is 2.35 bits per heavy atom. The molecule has 2 aliphatic rings. The smallest absolute Gasteiger partial charge is 0.306 e. The van der Waals surface area contributed by atoms with Gasteiger partial charge in [0, 0.05) is 19.5 Å². The van der Waals surface area contributed by atoms with Gasteiger partial charge in [-0.3, -0.25) is 9.79 Å². The molecule has 1 aliphatic carbocycles. The second-order valence-electron chi connectivity index (χ2n) is 6.59. The van der Waals surface area contributed by atoms with Crippen LogP contribution >= 0.6 is 0 Å². The maximum absolute atomic E-state index is 14.2. The molecule has 142 valence electrons. The number of hydrogen-bond acceptors (Lipinski definition) is 6. The summed E-state index contributed by atoms with van der Waals surface area (Å²) in [5, 5.41) is 6.30. The summed E-state index contributed by atoms with van der Waals surface area (Å²) in [5.74, 6) is 1.08. The van der Waals surface area contributed by atoms with Gasteiger partial charge >= 0.3 is 5.97 Å². The van der Waals surface area contributed by atoms with E-state index in [1.807, 2.05) is 6.07 Å². The van der Waals surface area contributed by atoms with Crippen LogP contribution in [0.1, 0.15) is 37.7 Å². The van der Waals surface area contributed by atoms with E-state index in [-0.39, 0.29) is 29.4 Å². The van der Waals surface area contributed by atoms with Crippen LogP contribution in [-0.4, -0.2) is 44.8 Å². The highest BCUT2D eigenvalue weighted by Gasteiger charge is 2.40. The lowest BCUT2D eigenvalue weighted by molar-refractivity contribution is -0.143. The van der Waals surface area contributed by atoms with E-state index in [1.165, 1.54) is 6.07 Å². The van der Waals surface area contributed by atoms with E-state index in [0.29, 0.717) is 19.6 Å². The number of esters is 1. The molecule has 7 heteroatoms. The third-order valence-electron chi connectivity index (χ3n) is 4.59. The number of carbonyl (C=O) groups is 1. The molecule has 0 spiro atoms. The summed E-state index contributed by atoms with van der Waals surface area (Å²) in [6.07, 6.45) is 2.07. The van der Waals surface area contributed by atoms with Gasteiger partial charge in [0.1, 0.15) is 0 Å². The van der Waals surface area contributed by atoms with Crippen LogP contribution in [0, 0.1) is 11.7 Å². The van der Waals surface area contributed by atoms with Crippen molar-refractivity contribution in [2.75, 3.05) is 32.8 Å². The highest BCUT2D eigenvalue weighted by molar-refractivity contribution is 5.81. The lowest BCUT2D eigenvalue weighted by Crippen LogP contribution is -2.34. The van der Waals surface area contributed by atoms with Crippen molar-refractivity contribution in [1.82, 2.24) is 10.6 Å². The zero-order valence-electron chi connectivity index (χ0n) is 15.1. The van der Waals surface area contributed by atoms with Crippen LogP contribution in [0.2, 0.25) is 0 Å². The first-order valence-corrected chi connectivity index (χ1v) is 9.27. The zero-order chi connectivity index (χ0) is 18.4. The van der Waals surface area contributed by atoms with Gasteiger partial charge in [-0.2, -0.15) is 0 Å². The van der Waals surface area contributed by atoms with Crippen molar-refractivity contribution in [3.8, 4) is 5.75 Å². The average molecular weight is 363 g/mol. The van der Waals surface area contributed by atoms with Crippen molar-refractivity contribution in [3.05, 3.63) is 29.6 Å². The summed E-state index contributed by atoms with van der Waals surface area (Å²) >= 11 is 0. The van der Waals surface area contributed by atoms with Gasteiger partial charge in [0.15, 0.2) is 17.5 Å². The monoisotopic (exact) mass is 363 g/mol. The number of carbonyl (C=O) groups excluding carboxylic acids is 1. The molecule has 6 nitrogen and oxygen atoms in total. The van der Waals surface area contributed by atoms with Crippen LogP contribution in [0.25, 0.3) is 0 Å². The van der Waals surface area contributed by atoms with Gasteiger partial charge in [0.05, 0.1) is 19.8 Å². The Morgan fingerprint density at radius 3 is 3.08 bits per heavy atom. The Kier molecular flexibility index (Phi) is 6.30. The zero-order valence-corrected chi connectivity index (χ0v) is 15.1. The van der Waals surface area contributed by atoms with E-state index < -0.39 is 0 Å². The van der Waals surface area contributed by atoms with Gasteiger partial charge in [0.2, 0.25) is 0 Å². The Morgan fingerprint density at radius 1 is 1.46 bits per heavy atom. The minimum Gasteiger partial charge on any atom is -0.490 e. The number of ether oxygens (including phenoxy) is 2. The normalized spacial score (nSPS) is 20.9. The van der Waals surface area contributed by atoms with Crippen molar-refractivity contribution in [1.29, 1.82) is 0 Å². The Labute approximate surface area is 153 Å². The van der Waals surface area contributed by atoms with E-state index in [1.54, 1.807) is 13.0 Å². The predicted molar refractivity (Wildman–Crippen MR) is 96.9 cm³/mol. The SMILES string of the molecule is CCOC(=O)CC1CC1c1ccc(OCCCNC2=NCCN2)c(F)c1. The van der Waals surface area contributed by atoms with Gasteiger partial charge in [-0.25, -0.2) is 4.39 Å². The first kappa shape index (κ1) is 18.5. The van der Waals surface area contributed by atoms with E-state index in [4.69, 9.17) is 9.47 Å². The van der Waals surface area contributed by atoms with Crippen LogP contribution in [0.4, 0.5) is 4.39 Å². The summed E-state index contributed by atoms with van der Waals surface area (Å²) < 4.78 is 24.7. The van der Waals surface area contributed by atoms with Gasteiger partial charge in [-0.05, 0) is 49.3 Å². The van der Waals surface area contributed by atoms with Crippen LogP contribution in [-0.2, 0) is 9.53 Å². The lowest BCUT2D eigenvalue weighted by Gasteiger charge is -2.10. The second-order valence-corrected chi connectivity index (χ2v) is 6.59. The highest BCUT2D eigenvalue weighted by atomic mass is 19.1. The molecule has 0 saturated heterocycles. The molecule has 3 rings (SSSR count). The number of guanidine groups is 1. The topological polar surface area (TPSA) is 72.0 Å². The van der Waals surface area contributed by atoms with Crippen molar-refractivity contribution < 1.29 is 18.7 Å². The molecule has 1 aromatic carbocycles. The quantitative estimate of drug-likeness (QED) is 0.520. The van der Waals surface area contributed by atoms with Crippen LogP contribution in [0.5, 0.6) is 5.75 Å². The lowest BCUT2D eigenvalue weighted by atomic mass is 10.1. The summed E-state index contributed by atoms with van der Waals surface area (Å²) in [7, 11) is 0. The van der Waals surface area contributed by atoms with Crippen LogP contribution in [0.3, 0.4) is 0 Å². The number of aliphatic imine (C=N–C) groups is 1. The highest BCUT2D eigenvalue weighted by Crippen LogP contribution is 2.50. The van der Waals surface area contributed by atoms with Crippen molar-refractivity contribution >= 4 is 11.9 Å². The molecule has 0 bridgehead atoms. The molecule has 1 aromatic rings. The fraction of sp³-hybridized carbons (Fsp3) is 0.579. The molecule has 0 amide bonds. The number of benzene rings is 1. The Bertz CT molecular complexity index is 665. The third-order valence-corrected chi connectivity index (χ3v) is 4.59. The second kappa shape index (κ2) is 8.87. The summed E-state index contributed by atoms with van der Waals surface area (Å²) in [6, 6.07) is 5.10. The molecule has 1 heterocycles. The van der Waals surface area contributed by atoms with Gasteiger partial charge < -0.3 is 20.1 Å². The van der Waals surface area contributed by atoms with Crippen LogP contribution in [0.15, 0.2) is 23.2 Å². The summed E-state index contributed by atoms with van der Waals surface area (Å²) in [4.78, 5) is 15.8. The molecule has 1 aliphatic heterocycles. The van der Waals surface area contributed by atoms with Crippen molar-refractivity contribution in [2.45, 2.75) is 32.1 Å². The standard InChI is InChI=1S/C19H26FN3O3/c1-2-25-18(24)12-14-10-15(14)13-4-5-17(16(20)11-13)26-9-3-6-21-19-22-7-8-23-19/h4-5,11,14-15H,2-3,6-10,12H2,1H3,(H2,21,22,23). The number of nitrogens with zero attached hydrogens (tertiary/aromatic N) is 1. The van der Waals surface area contributed by atoms with Gasteiger partial charge in [-0.15, -0.1) is 0 Å². The molecule has 2 atom stereocenters. The first-order valence-electron chi connectivity index (χ1n) is 9.27. The number of halogens is 1. The molecule has 2 unspecified atom stereocenters. The van der Waals surface area contributed by atoms with Crippen molar-refractivity contribution in [2.24, 2.45) is 10.9 Å². The summed E-state index contributed by atoms with van der Waals surface area (Å²) in [6.45, 7) is 5.04. The molecular weight excluding hydrogens is 337 g/mol. The Hall–Kier alpha value is -2.31. The fourth-order valence-electron chi connectivity index (χ4n) is 3.16. The summed E-state index contributed by atoms with van der Waals surface area (Å²) in [5.41, 5.74) is 0.927. The van der Waals surface area contributed by atoms with Crippen LogP contribution < -0.4 is 15.4 Å². The van der Waals surface area contributed by atoms with E-state index in [9.17, 15) is 9.18 Å². The van der Waals surface area contributed by atoms with E-state index in [2.05, 4.69) is 15.6 Å². The first-order chi connectivity index (χ1) is 12.7. The Balaban J connectivity index is 1.39. The molecule has 0 radical (unpaired) electrons. The van der Waals surface area contributed by atoms with E-state index >= 15 is 0 Å².